The van der Waals surface area contributed by atoms with Crippen molar-refractivity contribution in [2.24, 2.45) is 0 Å². The van der Waals surface area contributed by atoms with E-state index in [-0.39, 0.29) is 18.1 Å². The van der Waals surface area contributed by atoms with Crippen molar-refractivity contribution >= 4 is 34.8 Å². The van der Waals surface area contributed by atoms with Crippen molar-refractivity contribution in [3.8, 4) is 0 Å². The number of nitrogens with zero attached hydrogens (tertiary/aromatic N) is 1. The van der Waals surface area contributed by atoms with Crippen molar-refractivity contribution in [2.45, 2.75) is 38.0 Å². The van der Waals surface area contributed by atoms with Crippen LogP contribution in [-0.4, -0.2) is 46.5 Å². The predicted molar refractivity (Wildman–Crippen MR) is 95.0 cm³/mol. The number of carboxylic acid groups (broad SMARTS) is 1. The first-order valence-electron chi connectivity index (χ1n) is 7.94. The second-order valence-electron chi connectivity index (χ2n) is 6.43. The van der Waals surface area contributed by atoms with Gasteiger partial charge >= 0.3 is 11.9 Å². The minimum Gasteiger partial charge on any atom is -0.478 e. The van der Waals surface area contributed by atoms with Crippen molar-refractivity contribution in [2.75, 3.05) is 18.8 Å². The lowest BCUT2D eigenvalue weighted by molar-refractivity contribution is -0.153. The van der Waals surface area contributed by atoms with Crippen LogP contribution in [0.25, 0.3) is 11.1 Å². The number of carbonyl (C=O) groups is 2. The van der Waals surface area contributed by atoms with E-state index in [1.165, 1.54) is 23.9 Å². The summed E-state index contributed by atoms with van der Waals surface area (Å²) in [5.74, 6) is -0.497. The van der Waals surface area contributed by atoms with Gasteiger partial charge < -0.3 is 19.6 Å². The minimum absolute atomic E-state index is 0.183. The van der Waals surface area contributed by atoms with Gasteiger partial charge in [-0.15, -0.1) is 0 Å². The predicted octanol–water partition coefficient (Wildman–Crippen LogP) is 2.94. The molecule has 1 heterocycles. The zero-order valence-electron chi connectivity index (χ0n) is 14.5. The Labute approximate surface area is 150 Å². The van der Waals surface area contributed by atoms with E-state index >= 15 is 0 Å². The molecule has 1 aromatic heterocycles. The fraction of sp³-hybridized carbons (Fsp3) is 0.471. The number of carboxylic acids is 1. The summed E-state index contributed by atoms with van der Waals surface area (Å²) in [4.78, 5) is 26.8. The van der Waals surface area contributed by atoms with Crippen LogP contribution in [0.4, 0.5) is 0 Å². The first kappa shape index (κ1) is 19.3. The summed E-state index contributed by atoms with van der Waals surface area (Å²) in [5.41, 5.74) is 0.812. The second-order valence-corrected chi connectivity index (χ2v) is 7.48. The third-order valence-corrected chi connectivity index (χ3v) is 3.94. The second kappa shape index (κ2) is 8.35. The van der Waals surface area contributed by atoms with Crippen LogP contribution in [-0.2, 0) is 9.53 Å². The van der Waals surface area contributed by atoms with Gasteiger partial charge in [-0.05, 0) is 51.9 Å². The summed E-state index contributed by atoms with van der Waals surface area (Å²) in [6, 6.07) is 4.59. The molecule has 1 aromatic carbocycles. The Morgan fingerprint density at radius 3 is 2.80 bits per heavy atom. The van der Waals surface area contributed by atoms with Crippen LogP contribution >= 0.6 is 11.8 Å². The van der Waals surface area contributed by atoms with Gasteiger partial charge in [0.2, 0.25) is 0 Å². The number of ether oxygens (including phenoxy) is 1. The van der Waals surface area contributed by atoms with Crippen molar-refractivity contribution in [1.82, 2.24) is 10.3 Å². The Bertz CT molecular complexity index is 751. The molecular weight excluding hydrogens is 344 g/mol. The number of nitrogens with one attached hydrogen (secondary N) is 1. The molecule has 2 N–H and O–H groups in total. The van der Waals surface area contributed by atoms with Gasteiger partial charge in [-0.3, -0.25) is 4.79 Å². The van der Waals surface area contributed by atoms with Crippen molar-refractivity contribution in [1.29, 1.82) is 0 Å². The minimum atomic E-state index is -0.991. The zero-order valence-corrected chi connectivity index (χ0v) is 15.3. The number of aromatic nitrogens is 1. The molecule has 136 valence electrons. The van der Waals surface area contributed by atoms with Crippen LogP contribution in [0.2, 0.25) is 0 Å². The van der Waals surface area contributed by atoms with E-state index in [9.17, 15) is 9.59 Å². The summed E-state index contributed by atoms with van der Waals surface area (Å²) in [6.07, 6.45) is 0.826. The molecule has 7 nitrogen and oxygen atoms in total. The highest BCUT2D eigenvalue weighted by Gasteiger charge is 2.15. The number of hydrogen-bond donors (Lipinski definition) is 2. The molecule has 0 aliphatic carbocycles. The molecule has 0 amide bonds. The quantitative estimate of drug-likeness (QED) is 0.418. The van der Waals surface area contributed by atoms with Gasteiger partial charge in [0, 0.05) is 5.75 Å². The molecule has 8 heteroatoms. The Balaban J connectivity index is 1.71. The van der Waals surface area contributed by atoms with E-state index in [0.29, 0.717) is 22.9 Å². The van der Waals surface area contributed by atoms with Gasteiger partial charge in [0.15, 0.2) is 5.58 Å². The molecule has 0 unspecified atom stereocenters. The number of benzene rings is 1. The molecule has 0 aliphatic heterocycles. The summed E-state index contributed by atoms with van der Waals surface area (Å²) in [6.45, 7) is 6.36. The van der Waals surface area contributed by atoms with Crippen LogP contribution in [0.5, 0.6) is 0 Å². The Kier molecular flexibility index (Phi) is 6.44. The highest BCUT2D eigenvalue weighted by molar-refractivity contribution is 7.99. The number of thioether (sulfide) groups is 1. The number of oxazole rings is 1. The monoisotopic (exact) mass is 366 g/mol. The fourth-order valence-electron chi connectivity index (χ4n) is 2.03. The average molecular weight is 366 g/mol. The van der Waals surface area contributed by atoms with Crippen LogP contribution in [0, 0.1) is 0 Å². The molecule has 0 saturated heterocycles. The highest BCUT2D eigenvalue weighted by Crippen LogP contribution is 2.24. The molecule has 0 aliphatic rings. The number of carbonyl (C=O) groups excluding carboxylic acids is 1. The molecule has 2 rings (SSSR count). The van der Waals surface area contributed by atoms with Crippen molar-refractivity contribution in [3.63, 3.8) is 0 Å². The molecule has 0 radical (unpaired) electrons. The first-order valence-corrected chi connectivity index (χ1v) is 8.92. The maximum atomic E-state index is 11.5. The van der Waals surface area contributed by atoms with Crippen LogP contribution in [0.3, 0.4) is 0 Å². The summed E-state index contributed by atoms with van der Waals surface area (Å²) >= 11 is 1.45. The maximum absolute atomic E-state index is 11.5. The lowest BCUT2D eigenvalue weighted by Crippen LogP contribution is -2.32. The van der Waals surface area contributed by atoms with Crippen molar-refractivity contribution in [3.05, 3.63) is 23.8 Å². The van der Waals surface area contributed by atoms with Gasteiger partial charge in [-0.2, -0.15) is 0 Å². The number of fused-ring (bicyclic) bond motifs is 1. The number of hydrogen-bond acceptors (Lipinski definition) is 7. The van der Waals surface area contributed by atoms with Gasteiger partial charge in [-0.1, -0.05) is 11.8 Å². The van der Waals surface area contributed by atoms with E-state index in [0.717, 1.165) is 12.2 Å². The summed E-state index contributed by atoms with van der Waals surface area (Å²) < 4.78 is 10.8. The average Bonchev–Trinajstić information content (AvgIpc) is 2.90. The molecule has 0 atom stereocenters. The summed E-state index contributed by atoms with van der Waals surface area (Å²) in [7, 11) is 0. The Hall–Kier alpha value is -2.06. The van der Waals surface area contributed by atoms with E-state index < -0.39 is 11.6 Å². The third-order valence-electron chi connectivity index (χ3n) is 3.03. The molecule has 2 aromatic rings. The maximum Gasteiger partial charge on any atom is 0.335 e. The van der Waals surface area contributed by atoms with Gasteiger partial charge in [0.1, 0.15) is 11.1 Å². The topological polar surface area (TPSA) is 102 Å². The number of esters is 1. The van der Waals surface area contributed by atoms with Gasteiger partial charge in [-0.25, -0.2) is 9.78 Å². The van der Waals surface area contributed by atoms with E-state index in [1.807, 2.05) is 20.8 Å². The zero-order chi connectivity index (χ0) is 18.4. The number of rotatable bonds is 8. The SMILES string of the molecule is CC(C)(C)OC(=O)CNCCCSc1nc2cc(C(=O)O)ccc2o1. The largest absolute Gasteiger partial charge is 0.478 e. The lowest BCUT2D eigenvalue weighted by Gasteiger charge is -2.19. The standard InChI is InChI=1S/C17H22N2O5S/c1-17(2,3)24-14(20)10-18-7-4-8-25-16-19-12-9-11(15(21)22)5-6-13(12)23-16/h5-6,9,18H,4,7-8,10H2,1-3H3,(H,21,22). The fourth-order valence-corrected chi connectivity index (χ4v) is 2.80. The van der Waals surface area contributed by atoms with Crippen LogP contribution in [0.15, 0.2) is 27.8 Å². The number of aromatic carboxylic acids is 1. The third kappa shape index (κ3) is 6.39. The lowest BCUT2D eigenvalue weighted by atomic mass is 10.2. The van der Waals surface area contributed by atoms with Crippen LogP contribution < -0.4 is 5.32 Å². The molecule has 0 spiro atoms. The van der Waals surface area contributed by atoms with E-state index in [2.05, 4.69) is 10.3 Å². The smallest absolute Gasteiger partial charge is 0.335 e. The Morgan fingerprint density at radius 1 is 1.36 bits per heavy atom. The van der Waals surface area contributed by atoms with Crippen LogP contribution in [0.1, 0.15) is 37.6 Å². The van der Waals surface area contributed by atoms with E-state index in [4.69, 9.17) is 14.3 Å². The molecule has 0 saturated carbocycles. The van der Waals surface area contributed by atoms with Gasteiger partial charge in [0.25, 0.3) is 5.22 Å². The molecular formula is C17H22N2O5S. The van der Waals surface area contributed by atoms with Crippen molar-refractivity contribution < 1.29 is 23.8 Å². The Morgan fingerprint density at radius 2 is 2.12 bits per heavy atom. The highest BCUT2D eigenvalue weighted by atomic mass is 32.2. The summed E-state index contributed by atoms with van der Waals surface area (Å²) in [5, 5.41) is 12.5. The normalized spacial score (nSPS) is 11.6. The molecule has 0 bridgehead atoms. The van der Waals surface area contributed by atoms with E-state index in [1.54, 1.807) is 6.07 Å². The van der Waals surface area contributed by atoms with Gasteiger partial charge in [0.05, 0.1) is 12.1 Å². The molecule has 25 heavy (non-hydrogen) atoms. The first-order chi connectivity index (χ1) is 11.7. The molecule has 0 fully saturated rings.